The molecular formula is C21H24N4O2. The molecule has 0 fully saturated rings. The summed E-state index contributed by atoms with van der Waals surface area (Å²) < 4.78 is 6.99. The van der Waals surface area contributed by atoms with Gasteiger partial charge in [0.05, 0.1) is 5.69 Å². The van der Waals surface area contributed by atoms with Gasteiger partial charge >= 0.3 is 6.09 Å². The second-order valence-corrected chi connectivity index (χ2v) is 7.40. The number of aryl methyl sites for hydroxylation is 1. The highest BCUT2D eigenvalue weighted by molar-refractivity contribution is 5.67. The van der Waals surface area contributed by atoms with Gasteiger partial charge in [-0.05, 0) is 45.4 Å². The van der Waals surface area contributed by atoms with Crippen molar-refractivity contribution in [3.05, 3.63) is 66.0 Å². The molecule has 1 N–H and O–H groups in total. The van der Waals surface area contributed by atoms with E-state index in [2.05, 4.69) is 22.3 Å². The summed E-state index contributed by atoms with van der Waals surface area (Å²) in [6, 6.07) is 15.9. The predicted octanol–water partition coefficient (Wildman–Crippen LogP) is 4.27. The van der Waals surface area contributed by atoms with Gasteiger partial charge in [0.15, 0.2) is 5.82 Å². The van der Waals surface area contributed by atoms with Crippen molar-refractivity contribution < 1.29 is 9.53 Å². The lowest BCUT2D eigenvalue weighted by Gasteiger charge is -2.19. The molecule has 0 radical (unpaired) electrons. The van der Waals surface area contributed by atoms with E-state index in [-0.39, 0.29) is 0 Å². The van der Waals surface area contributed by atoms with Crippen molar-refractivity contribution >= 4 is 6.09 Å². The van der Waals surface area contributed by atoms with Crippen LogP contribution >= 0.6 is 0 Å². The average Bonchev–Trinajstić information content (AvgIpc) is 3.10. The van der Waals surface area contributed by atoms with Gasteiger partial charge in [-0.1, -0.05) is 42.0 Å². The Balaban J connectivity index is 1.64. The number of carbonyl (C=O) groups excluding carboxylic acids is 1. The molecule has 3 rings (SSSR count). The predicted molar refractivity (Wildman–Crippen MR) is 105 cm³/mol. The normalized spacial score (nSPS) is 11.3. The molecule has 0 aliphatic carbocycles. The van der Waals surface area contributed by atoms with E-state index < -0.39 is 11.7 Å². The van der Waals surface area contributed by atoms with Gasteiger partial charge in [0.25, 0.3) is 0 Å². The molecule has 0 saturated carbocycles. The van der Waals surface area contributed by atoms with E-state index in [4.69, 9.17) is 4.74 Å². The number of hydrogen-bond donors (Lipinski definition) is 1. The zero-order valence-electron chi connectivity index (χ0n) is 16.1. The van der Waals surface area contributed by atoms with Crippen LogP contribution in [0.25, 0.3) is 17.1 Å². The maximum absolute atomic E-state index is 11.7. The zero-order chi connectivity index (χ0) is 19.4. The number of aromatic nitrogens is 3. The van der Waals surface area contributed by atoms with Crippen molar-refractivity contribution in [3.8, 4) is 17.1 Å². The second-order valence-electron chi connectivity index (χ2n) is 7.40. The SMILES string of the molecule is Cc1ccc(-n2cnc(-c3ccc(CNC(=O)OC(C)(C)C)cc3)n2)cc1. The first-order chi connectivity index (χ1) is 12.8. The van der Waals surface area contributed by atoms with Gasteiger partial charge in [0.2, 0.25) is 0 Å². The maximum atomic E-state index is 11.7. The third kappa shape index (κ3) is 5.17. The number of nitrogens with zero attached hydrogens (tertiary/aromatic N) is 3. The number of ether oxygens (including phenoxy) is 1. The van der Waals surface area contributed by atoms with Crippen LogP contribution in [0.2, 0.25) is 0 Å². The zero-order valence-corrected chi connectivity index (χ0v) is 16.1. The summed E-state index contributed by atoms with van der Waals surface area (Å²) in [5, 5.41) is 7.29. The molecule has 0 saturated heterocycles. The molecule has 1 heterocycles. The molecule has 6 heteroatoms. The largest absolute Gasteiger partial charge is 0.444 e. The van der Waals surface area contributed by atoms with Crippen molar-refractivity contribution in [2.75, 3.05) is 0 Å². The monoisotopic (exact) mass is 364 g/mol. The first-order valence-electron chi connectivity index (χ1n) is 8.85. The Morgan fingerprint density at radius 1 is 1.07 bits per heavy atom. The molecular weight excluding hydrogens is 340 g/mol. The van der Waals surface area contributed by atoms with Gasteiger partial charge in [-0.25, -0.2) is 14.5 Å². The third-order valence-electron chi connectivity index (χ3n) is 3.84. The van der Waals surface area contributed by atoms with Crippen molar-refractivity contribution in [2.24, 2.45) is 0 Å². The van der Waals surface area contributed by atoms with Gasteiger partial charge in [-0.2, -0.15) is 0 Å². The maximum Gasteiger partial charge on any atom is 0.407 e. The average molecular weight is 364 g/mol. The smallest absolute Gasteiger partial charge is 0.407 e. The summed E-state index contributed by atoms with van der Waals surface area (Å²) in [5.41, 5.74) is 3.56. The molecule has 0 spiro atoms. The van der Waals surface area contributed by atoms with Crippen LogP contribution < -0.4 is 5.32 Å². The fourth-order valence-electron chi connectivity index (χ4n) is 2.48. The molecule has 6 nitrogen and oxygen atoms in total. The third-order valence-corrected chi connectivity index (χ3v) is 3.84. The Morgan fingerprint density at radius 3 is 2.37 bits per heavy atom. The summed E-state index contributed by atoms with van der Waals surface area (Å²) in [7, 11) is 0. The molecule has 1 aromatic heterocycles. The fourth-order valence-corrected chi connectivity index (χ4v) is 2.48. The summed E-state index contributed by atoms with van der Waals surface area (Å²) in [6.07, 6.45) is 1.28. The number of alkyl carbamates (subject to hydrolysis) is 1. The molecule has 0 atom stereocenters. The van der Waals surface area contributed by atoms with Crippen LogP contribution in [0.15, 0.2) is 54.9 Å². The first-order valence-corrected chi connectivity index (χ1v) is 8.85. The van der Waals surface area contributed by atoms with Gasteiger partial charge in [-0.15, -0.1) is 5.10 Å². The van der Waals surface area contributed by atoms with Gasteiger partial charge in [0, 0.05) is 12.1 Å². The van der Waals surface area contributed by atoms with Gasteiger partial charge in [0.1, 0.15) is 11.9 Å². The van der Waals surface area contributed by atoms with Crippen LogP contribution in [0.4, 0.5) is 4.79 Å². The lowest BCUT2D eigenvalue weighted by Crippen LogP contribution is -2.32. The number of nitrogens with one attached hydrogen (secondary N) is 1. The lowest BCUT2D eigenvalue weighted by atomic mass is 10.1. The van der Waals surface area contributed by atoms with Gasteiger partial charge in [-0.3, -0.25) is 0 Å². The van der Waals surface area contributed by atoms with Crippen LogP contribution in [0, 0.1) is 6.92 Å². The molecule has 140 valence electrons. The summed E-state index contributed by atoms with van der Waals surface area (Å²) in [6.45, 7) is 7.97. The molecule has 0 aliphatic rings. The van der Waals surface area contributed by atoms with E-state index in [1.807, 2.05) is 69.3 Å². The van der Waals surface area contributed by atoms with E-state index in [1.54, 1.807) is 11.0 Å². The Morgan fingerprint density at radius 2 is 1.74 bits per heavy atom. The minimum atomic E-state index is -0.504. The Hall–Kier alpha value is -3.15. The minimum Gasteiger partial charge on any atom is -0.444 e. The van der Waals surface area contributed by atoms with Gasteiger partial charge < -0.3 is 10.1 Å². The highest BCUT2D eigenvalue weighted by atomic mass is 16.6. The molecule has 27 heavy (non-hydrogen) atoms. The van der Waals surface area contributed by atoms with E-state index >= 15 is 0 Å². The molecule has 2 aromatic carbocycles. The Bertz CT molecular complexity index is 907. The van der Waals surface area contributed by atoms with Crippen LogP contribution in [-0.4, -0.2) is 26.5 Å². The van der Waals surface area contributed by atoms with Crippen LogP contribution in [0.5, 0.6) is 0 Å². The Kier molecular flexibility index (Phi) is 5.26. The fraction of sp³-hybridized carbons (Fsp3) is 0.286. The quantitative estimate of drug-likeness (QED) is 0.751. The van der Waals surface area contributed by atoms with E-state index in [0.29, 0.717) is 12.4 Å². The van der Waals surface area contributed by atoms with E-state index in [0.717, 1.165) is 16.8 Å². The number of amides is 1. The highest BCUT2D eigenvalue weighted by Gasteiger charge is 2.15. The minimum absolute atomic E-state index is 0.403. The second kappa shape index (κ2) is 7.61. The first kappa shape index (κ1) is 18.6. The number of rotatable bonds is 4. The van der Waals surface area contributed by atoms with Crippen LogP contribution in [0.3, 0.4) is 0 Å². The number of carbonyl (C=O) groups is 1. The van der Waals surface area contributed by atoms with Crippen molar-refractivity contribution in [3.63, 3.8) is 0 Å². The topological polar surface area (TPSA) is 69.0 Å². The summed E-state index contributed by atoms with van der Waals surface area (Å²) in [5.74, 6) is 0.655. The number of hydrogen-bond acceptors (Lipinski definition) is 4. The van der Waals surface area contributed by atoms with Crippen LogP contribution in [0.1, 0.15) is 31.9 Å². The summed E-state index contributed by atoms with van der Waals surface area (Å²) in [4.78, 5) is 16.1. The molecule has 1 amide bonds. The Labute approximate surface area is 159 Å². The standard InChI is InChI=1S/C21H24N4O2/c1-15-5-11-18(12-6-15)25-14-23-19(24-25)17-9-7-16(8-10-17)13-22-20(26)27-21(2,3)4/h5-12,14H,13H2,1-4H3,(H,22,26). The molecule has 0 bridgehead atoms. The molecule has 0 unspecified atom stereocenters. The number of benzene rings is 2. The van der Waals surface area contributed by atoms with E-state index in [1.165, 1.54) is 5.56 Å². The van der Waals surface area contributed by atoms with E-state index in [9.17, 15) is 4.79 Å². The van der Waals surface area contributed by atoms with Crippen LogP contribution in [-0.2, 0) is 11.3 Å². The molecule has 3 aromatic rings. The highest BCUT2D eigenvalue weighted by Crippen LogP contribution is 2.17. The lowest BCUT2D eigenvalue weighted by molar-refractivity contribution is 0.0523. The van der Waals surface area contributed by atoms with Crippen molar-refractivity contribution in [1.82, 2.24) is 20.1 Å². The van der Waals surface area contributed by atoms with Crippen molar-refractivity contribution in [1.29, 1.82) is 0 Å². The summed E-state index contributed by atoms with van der Waals surface area (Å²) >= 11 is 0. The van der Waals surface area contributed by atoms with Crippen molar-refractivity contribution in [2.45, 2.75) is 39.8 Å². The molecule has 0 aliphatic heterocycles.